The Morgan fingerprint density at radius 1 is 1.00 bits per heavy atom. The van der Waals surface area contributed by atoms with Crippen molar-refractivity contribution in [3.05, 3.63) is 11.6 Å². The molecule has 5 rings (SSSR count). The second-order valence-corrected chi connectivity index (χ2v) is 15.5. The SMILES string of the molecule is COC(=O)[C@]12CCC(C)(C)CC1C1[C@H](O)C[C@@H]3[C@@]4(C)C=C(C#N)C(=O)C(C)(C)C4CC[C@@]3(C)[C@]1(C)CC2. The van der Waals surface area contributed by atoms with Gasteiger partial charge in [0.1, 0.15) is 6.07 Å². The van der Waals surface area contributed by atoms with Crippen LogP contribution in [0.4, 0.5) is 0 Å². The van der Waals surface area contributed by atoms with Crippen LogP contribution in [0.2, 0.25) is 0 Å². The Kier molecular flexibility index (Phi) is 5.77. The molecule has 5 aliphatic rings. The van der Waals surface area contributed by atoms with Gasteiger partial charge in [-0.2, -0.15) is 5.26 Å². The Morgan fingerprint density at radius 3 is 2.27 bits per heavy atom. The van der Waals surface area contributed by atoms with E-state index >= 15 is 0 Å². The maximum absolute atomic E-state index is 13.4. The van der Waals surface area contributed by atoms with Crippen molar-refractivity contribution in [1.82, 2.24) is 0 Å². The summed E-state index contributed by atoms with van der Waals surface area (Å²) in [7, 11) is 1.52. The average molecular weight is 510 g/mol. The predicted molar refractivity (Wildman–Crippen MR) is 142 cm³/mol. The molecule has 5 nitrogen and oxygen atoms in total. The zero-order valence-electron chi connectivity index (χ0n) is 24.2. The zero-order valence-corrected chi connectivity index (χ0v) is 24.2. The smallest absolute Gasteiger partial charge is 0.312 e. The lowest BCUT2D eigenvalue weighted by Crippen LogP contribution is -2.70. The molecule has 204 valence electrons. The van der Waals surface area contributed by atoms with Gasteiger partial charge in [-0.1, -0.05) is 54.5 Å². The standard InChI is InChI=1S/C32H47NO4/c1-27(2)11-13-32(26(36)37-8)14-12-31(7)24(20(32)17-27)21(34)15-23-29(5)16-19(18-33)25(35)28(3,4)22(29)9-10-30(23,31)6/h16,20-24,34H,9-15,17H2,1-8H3/t20?,21-,22?,23-,24?,29+,30-,31-,32+/m1/s1. The summed E-state index contributed by atoms with van der Waals surface area (Å²) in [5, 5.41) is 22.0. The highest BCUT2D eigenvalue weighted by atomic mass is 16.5. The number of carbonyl (C=O) groups excluding carboxylic acids is 2. The van der Waals surface area contributed by atoms with Crippen LogP contribution in [0, 0.1) is 67.5 Å². The van der Waals surface area contributed by atoms with Gasteiger partial charge in [-0.3, -0.25) is 9.59 Å². The maximum atomic E-state index is 13.4. The number of rotatable bonds is 1. The molecule has 4 saturated carbocycles. The molecular formula is C32H47NO4. The van der Waals surface area contributed by atoms with Crippen LogP contribution in [0.5, 0.6) is 0 Å². The number of aliphatic hydroxyl groups excluding tert-OH is 1. The molecule has 0 aliphatic heterocycles. The molecule has 0 aromatic carbocycles. The molecule has 37 heavy (non-hydrogen) atoms. The number of hydrogen-bond donors (Lipinski definition) is 1. The Bertz CT molecular complexity index is 1100. The highest BCUT2D eigenvalue weighted by molar-refractivity contribution is 6.04. The van der Waals surface area contributed by atoms with Crippen molar-refractivity contribution in [1.29, 1.82) is 5.26 Å². The first-order chi connectivity index (χ1) is 17.0. The van der Waals surface area contributed by atoms with Gasteiger partial charge in [0.05, 0.1) is 24.2 Å². The number of ether oxygens (including phenoxy) is 1. The van der Waals surface area contributed by atoms with E-state index in [2.05, 4.69) is 40.7 Å². The van der Waals surface area contributed by atoms with Crippen LogP contribution >= 0.6 is 0 Å². The Balaban J connectivity index is 1.64. The number of nitriles is 1. The third kappa shape index (κ3) is 3.23. The normalized spacial score (nSPS) is 49.8. The van der Waals surface area contributed by atoms with Gasteiger partial charge >= 0.3 is 5.97 Å². The van der Waals surface area contributed by atoms with E-state index in [-0.39, 0.29) is 62.7 Å². The molecule has 9 atom stereocenters. The lowest BCUT2D eigenvalue weighted by Gasteiger charge is -2.73. The van der Waals surface area contributed by atoms with Crippen molar-refractivity contribution in [3.63, 3.8) is 0 Å². The Morgan fingerprint density at radius 2 is 1.65 bits per heavy atom. The molecule has 0 amide bonds. The number of hydrogen-bond acceptors (Lipinski definition) is 5. The van der Waals surface area contributed by atoms with Crippen molar-refractivity contribution in [3.8, 4) is 6.07 Å². The van der Waals surface area contributed by atoms with E-state index in [1.807, 2.05) is 19.9 Å². The number of methoxy groups -OCH3 is 1. The van der Waals surface area contributed by atoms with Crippen LogP contribution in [-0.2, 0) is 14.3 Å². The maximum Gasteiger partial charge on any atom is 0.312 e. The molecule has 3 unspecified atom stereocenters. The van der Waals surface area contributed by atoms with Gasteiger partial charge < -0.3 is 9.84 Å². The minimum absolute atomic E-state index is 0.0268. The molecule has 5 heteroatoms. The van der Waals surface area contributed by atoms with Crippen LogP contribution in [0.3, 0.4) is 0 Å². The third-order valence-electron chi connectivity index (χ3n) is 13.3. The molecule has 0 bridgehead atoms. The van der Waals surface area contributed by atoms with Gasteiger partial charge in [-0.25, -0.2) is 0 Å². The third-order valence-corrected chi connectivity index (χ3v) is 13.3. The fraction of sp³-hybridized carbons (Fsp3) is 0.844. The molecule has 5 aliphatic carbocycles. The van der Waals surface area contributed by atoms with Gasteiger partial charge in [-0.15, -0.1) is 0 Å². The van der Waals surface area contributed by atoms with Crippen LogP contribution < -0.4 is 0 Å². The minimum Gasteiger partial charge on any atom is -0.469 e. The monoisotopic (exact) mass is 509 g/mol. The van der Waals surface area contributed by atoms with E-state index in [1.165, 1.54) is 7.11 Å². The largest absolute Gasteiger partial charge is 0.469 e. The Hall–Kier alpha value is -1.67. The van der Waals surface area contributed by atoms with E-state index in [0.717, 1.165) is 44.9 Å². The van der Waals surface area contributed by atoms with Crippen LogP contribution in [0.25, 0.3) is 0 Å². The lowest BCUT2D eigenvalue weighted by molar-refractivity contribution is -0.260. The van der Waals surface area contributed by atoms with E-state index in [1.54, 1.807) is 0 Å². The molecule has 0 heterocycles. The molecule has 0 aromatic rings. The summed E-state index contributed by atoms with van der Waals surface area (Å²) < 4.78 is 5.45. The summed E-state index contributed by atoms with van der Waals surface area (Å²) in [5.41, 5.74) is -1.25. The minimum atomic E-state index is -0.599. The van der Waals surface area contributed by atoms with E-state index < -0.39 is 16.9 Å². The first-order valence-electron chi connectivity index (χ1n) is 14.5. The number of fused-ring (bicyclic) bond motifs is 7. The van der Waals surface area contributed by atoms with Gasteiger partial charge in [-0.05, 0) is 96.7 Å². The quantitative estimate of drug-likeness (QED) is 0.422. The summed E-state index contributed by atoms with van der Waals surface area (Å²) in [4.78, 5) is 26.7. The fourth-order valence-electron chi connectivity index (χ4n) is 11.2. The van der Waals surface area contributed by atoms with Gasteiger partial charge in [0.25, 0.3) is 0 Å². The number of Topliss-reactive ketones (excluding diaryl/α,β-unsaturated/α-hetero) is 1. The first-order valence-corrected chi connectivity index (χ1v) is 14.5. The molecule has 0 radical (unpaired) electrons. The second-order valence-electron chi connectivity index (χ2n) is 15.5. The van der Waals surface area contributed by atoms with Gasteiger partial charge in [0.2, 0.25) is 0 Å². The van der Waals surface area contributed by atoms with Crippen LogP contribution in [0.15, 0.2) is 11.6 Å². The number of esters is 1. The van der Waals surface area contributed by atoms with Crippen molar-refractivity contribution in [2.45, 2.75) is 106 Å². The second kappa shape index (κ2) is 7.93. The van der Waals surface area contributed by atoms with Crippen LogP contribution in [-0.4, -0.2) is 30.1 Å². The van der Waals surface area contributed by atoms with E-state index in [0.29, 0.717) is 6.42 Å². The van der Waals surface area contributed by atoms with Crippen molar-refractivity contribution in [2.75, 3.05) is 7.11 Å². The summed E-state index contributed by atoms with van der Waals surface area (Å²) in [6.07, 6.45) is 8.54. The highest BCUT2D eigenvalue weighted by Crippen LogP contribution is 2.76. The average Bonchev–Trinajstić information content (AvgIpc) is 2.82. The topological polar surface area (TPSA) is 87.4 Å². The molecule has 1 N–H and O–H groups in total. The molecule has 4 fully saturated rings. The van der Waals surface area contributed by atoms with Crippen LogP contribution in [0.1, 0.15) is 99.8 Å². The van der Waals surface area contributed by atoms with Crippen molar-refractivity contribution in [2.24, 2.45) is 56.2 Å². The van der Waals surface area contributed by atoms with Crippen molar-refractivity contribution >= 4 is 11.8 Å². The molecule has 0 saturated heterocycles. The predicted octanol–water partition coefficient (Wildman–Crippen LogP) is 6.25. The van der Waals surface area contributed by atoms with Crippen molar-refractivity contribution < 1.29 is 19.4 Å². The summed E-state index contributed by atoms with van der Waals surface area (Å²) in [6.45, 7) is 15.7. The molecular weight excluding hydrogens is 462 g/mol. The summed E-state index contributed by atoms with van der Waals surface area (Å²) in [5.74, 6) is 0.300. The molecule has 0 spiro atoms. The highest BCUT2D eigenvalue weighted by Gasteiger charge is 2.73. The number of allylic oxidation sites excluding steroid dienone is 2. The number of ketones is 1. The number of aliphatic hydroxyl groups is 1. The fourth-order valence-corrected chi connectivity index (χ4v) is 11.2. The van der Waals surface area contributed by atoms with E-state index in [9.17, 15) is 20.0 Å². The Labute approximate surface area is 223 Å². The first kappa shape index (κ1) is 26.9. The summed E-state index contributed by atoms with van der Waals surface area (Å²) in [6, 6.07) is 2.22. The van der Waals surface area contributed by atoms with Gasteiger partial charge in [0, 0.05) is 5.41 Å². The summed E-state index contributed by atoms with van der Waals surface area (Å²) >= 11 is 0. The number of nitrogens with zero attached hydrogens (tertiary/aromatic N) is 1. The zero-order chi connectivity index (χ0) is 27.4. The number of carbonyl (C=O) groups is 2. The lowest BCUT2D eigenvalue weighted by atomic mass is 9.31. The van der Waals surface area contributed by atoms with Gasteiger partial charge in [0.15, 0.2) is 5.78 Å². The molecule has 0 aromatic heterocycles. The van der Waals surface area contributed by atoms with E-state index in [4.69, 9.17) is 4.74 Å².